The first-order chi connectivity index (χ1) is 14.7. The zero-order chi connectivity index (χ0) is 21.2. The number of guanidine groups is 1. The van der Waals surface area contributed by atoms with E-state index < -0.39 is 0 Å². The molecule has 9 heteroatoms. The summed E-state index contributed by atoms with van der Waals surface area (Å²) in [5.41, 5.74) is 0.853. The topological polar surface area (TPSA) is 75.6 Å². The van der Waals surface area contributed by atoms with E-state index in [4.69, 9.17) is 14.2 Å². The number of para-hydroxylation sites is 2. The van der Waals surface area contributed by atoms with Crippen LogP contribution in [0.2, 0.25) is 0 Å². The number of nitrogens with zero attached hydrogens (tertiary/aromatic N) is 3. The highest BCUT2D eigenvalue weighted by Gasteiger charge is 2.25. The van der Waals surface area contributed by atoms with Gasteiger partial charge in [-0.3, -0.25) is 9.79 Å². The smallest absolute Gasteiger partial charge is 0.265 e. The van der Waals surface area contributed by atoms with Gasteiger partial charge in [0.05, 0.1) is 11.8 Å². The Kier molecular flexibility index (Phi) is 11.4. The molecule has 0 radical (unpaired) electrons. The van der Waals surface area contributed by atoms with Crippen molar-refractivity contribution in [3.63, 3.8) is 0 Å². The molecule has 0 aliphatic carbocycles. The second kappa shape index (κ2) is 13.7. The third kappa shape index (κ3) is 7.50. The zero-order valence-electron chi connectivity index (χ0n) is 18.5. The number of likely N-dealkylation sites (tertiary alicyclic amines) is 1. The van der Waals surface area contributed by atoms with Gasteiger partial charge in [0.2, 0.25) is 0 Å². The number of methoxy groups -OCH3 is 1. The lowest BCUT2D eigenvalue weighted by molar-refractivity contribution is -0.121. The van der Waals surface area contributed by atoms with Gasteiger partial charge in [0.15, 0.2) is 12.6 Å². The van der Waals surface area contributed by atoms with E-state index in [9.17, 15) is 4.79 Å². The molecule has 2 heterocycles. The largest absolute Gasteiger partial charge is 0.482 e. The third-order valence-corrected chi connectivity index (χ3v) is 5.45. The van der Waals surface area contributed by atoms with E-state index in [1.165, 1.54) is 0 Å². The van der Waals surface area contributed by atoms with Crippen LogP contribution in [0.3, 0.4) is 0 Å². The van der Waals surface area contributed by atoms with Crippen molar-refractivity contribution in [2.75, 3.05) is 65.1 Å². The van der Waals surface area contributed by atoms with Crippen LogP contribution in [0.1, 0.15) is 25.7 Å². The number of nitrogens with one attached hydrogen (secondary N) is 1. The van der Waals surface area contributed by atoms with Crippen LogP contribution in [0, 0.1) is 0 Å². The minimum absolute atomic E-state index is 0. The van der Waals surface area contributed by atoms with Gasteiger partial charge >= 0.3 is 0 Å². The van der Waals surface area contributed by atoms with Crippen molar-refractivity contribution in [1.82, 2.24) is 10.2 Å². The minimum Gasteiger partial charge on any atom is -0.482 e. The van der Waals surface area contributed by atoms with Crippen LogP contribution < -0.4 is 15.0 Å². The van der Waals surface area contributed by atoms with Crippen LogP contribution in [0.5, 0.6) is 5.75 Å². The maximum absolute atomic E-state index is 12.3. The van der Waals surface area contributed by atoms with Crippen molar-refractivity contribution in [1.29, 1.82) is 0 Å². The number of aliphatic imine (C=N–C) groups is 1. The molecule has 1 aromatic carbocycles. The first kappa shape index (κ1) is 25.7. The maximum atomic E-state index is 12.3. The van der Waals surface area contributed by atoms with E-state index >= 15 is 0 Å². The molecule has 2 aliphatic rings. The van der Waals surface area contributed by atoms with Gasteiger partial charge in [0.25, 0.3) is 5.91 Å². The molecule has 0 saturated carbocycles. The van der Waals surface area contributed by atoms with Gasteiger partial charge in [-0.15, -0.1) is 24.0 Å². The summed E-state index contributed by atoms with van der Waals surface area (Å²) in [7, 11) is 3.53. The predicted octanol–water partition coefficient (Wildman–Crippen LogP) is 2.51. The normalized spacial score (nSPS) is 17.1. The highest BCUT2D eigenvalue weighted by Crippen LogP contribution is 2.31. The zero-order valence-corrected chi connectivity index (χ0v) is 20.9. The quantitative estimate of drug-likeness (QED) is 0.222. The summed E-state index contributed by atoms with van der Waals surface area (Å²) < 4.78 is 16.5. The molecule has 0 aromatic heterocycles. The van der Waals surface area contributed by atoms with E-state index in [1.54, 1.807) is 7.11 Å². The molecule has 1 saturated heterocycles. The molecule has 0 spiro atoms. The van der Waals surface area contributed by atoms with Crippen molar-refractivity contribution in [3.8, 4) is 5.75 Å². The molecule has 1 amide bonds. The number of fused-ring (bicyclic) bond motifs is 1. The number of ether oxygens (including phenoxy) is 3. The number of halogens is 1. The van der Waals surface area contributed by atoms with Crippen LogP contribution in [0.15, 0.2) is 29.3 Å². The number of amides is 1. The molecule has 2 aliphatic heterocycles. The Morgan fingerprint density at radius 3 is 2.74 bits per heavy atom. The highest BCUT2D eigenvalue weighted by atomic mass is 127. The molecule has 1 aromatic rings. The summed E-state index contributed by atoms with van der Waals surface area (Å²) in [4.78, 5) is 20.8. The lowest BCUT2D eigenvalue weighted by Gasteiger charge is -2.34. The number of carbonyl (C=O) groups excluding carboxylic acids is 1. The average Bonchev–Trinajstić information content (AvgIpc) is 2.78. The second-order valence-electron chi connectivity index (χ2n) is 7.53. The number of carbonyl (C=O) groups is 1. The first-order valence-corrected chi connectivity index (χ1v) is 10.8. The number of hydrogen-bond donors (Lipinski definition) is 1. The summed E-state index contributed by atoms with van der Waals surface area (Å²) in [6.07, 6.45) is 4.11. The Hall–Kier alpha value is -1.59. The number of benzene rings is 1. The fraction of sp³-hybridized carbons (Fsp3) is 0.636. The number of hydrogen-bond acceptors (Lipinski definition) is 5. The molecular formula is C22H35IN4O4. The fourth-order valence-electron chi connectivity index (χ4n) is 3.86. The molecule has 1 N–H and O–H groups in total. The standard InChI is InChI=1S/C22H34N4O4.HI/c1-23-22(25-13-9-18(10-14-25)29-16-6-15-28-2)24-11-5-12-26-19-7-3-4-8-20(19)30-17-21(26)27;/h3-4,7-8,18H,5-6,9-17H2,1-2H3,(H,23,24);1H. The molecule has 1 fully saturated rings. The molecule has 174 valence electrons. The van der Waals surface area contributed by atoms with Crippen LogP contribution >= 0.6 is 24.0 Å². The Labute approximate surface area is 202 Å². The minimum atomic E-state index is 0. The Bertz CT molecular complexity index is 711. The summed E-state index contributed by atoms with van der Waals surface area (Å²) in [5, 5.41) is 3.44. The van der Waals surface area contributed by atoms with Crippen molar-refractivity contribution >= 4 is 41.5 Å². The number of anilines is 1. The van der Waals surface area contributed by atoms with Gasteiger partial charge in [-0.1, -0.05) is 12.1 Å². The van der Waals surface area contributed by atoms with Crippen LogP contribution in [-0.2, 0) is 14.3 Å². The van der Waals surface area contributed by atoms with E-state index in [0.717, 1.165) is 75.9 Å². The van der Waals surface area contributed by atoms with Gasteiger partial charge in [0.1, 0.15) is 5.75 Å². The molecule has 0 unspecified atom stereocenters. The first-order valence-electron chi connectivity index (χ1n) is 10.8. The Balaban J connectivity index is 0.00000341. The van der Waals surface area contributed by atoms with Gasteiger partial charge in [0, 0.05) is 53.6 Å². The van der Waals surface area contributed by atoms with E-state index in [1.807, 2.05) is 36.2 Å². The third-order valence-electron chi connectivity index (χ3n) is 5.45. The summed E-state index contributed by atoms with van der Waals surface area (Å²) in [5.74, 6) is 1.69. The van der Waals surface area contributed by atoms with Gasteiger partial charge in [-0.2, -0.15) is 0 Å². The second-order valence-corrected chi connectivity index (χ2v) is 7.53. The van der Waals surface area contributed by atoms with E-state index in [-0.39, 0.29) is 36.5 Å². The van der Waals surface area contributed by atoms with Crippen LogP contribution in [-0.4, -0.2) is 83.0 Å². The van der Waals surface area contributed by atoms with E-state index in [2.05, 4.69) is 15.2 Å². The van der Waals surface area contributed by atoms with Gasteiger partial charge < -0.3 is 29.3 Å². The molecule has 0 bridgehead atoms. The van der Waals surface area contributed by atoms with Crippen molar-refractivity contribution < 1.29 is 19.0 Å². The molecule has 0 atom stereocenters. The average molecular weight is 546 g/mol. The van der Waals surface area contributed by atoms with Crippen molar-refractivity contribution in [3.05, 3.63) is 24.3 Å². The summed E-state index contributed by atoms with van der Waals surface area (Å²) in [6.45, 7) is 4.89. The lowest BCUT2D eigenvalue weighted by Crippen LogP contribution is -2.47. The molecule has 31 heavy (non-hydrogen) atoms. The predicted molar refractivity (Wildman–Crippen MR) is 133 cm³/mol. The van der Waals surface area contributed by atoms with Crippen molar-refractivity contribution in [2.45, 2.75) is 31.8 Å². The SMILES string of the molecule is CN=C(NCCCN1C(=O)COc2ccccc21)N1CCC(OCCCOC)CC1.I. The van der Waals surface area contributed by atoms with Crippen LogP contribution in [0.4, 0.5) is 5.69 Å². The van der Waals surface area contributed by atoms with Gasteiger partial charge in [-0.05, 0) is 37.8 Å². The molecule has 8 nitrogen and oxygen atoms in total. The Morgan fingerprint density at radius 2 is 2.00 bits per heavy atom. The fourth-order valence-corrected chi connectivity index (χ4v) is 3.86. The Morgan fingerprint density at radius 1 is 1.23 bits per heavy atom. The molecule has 3 rings (SSSR count). The summed E-state index contributed by atoms with van der Waals surface area (Å²) >= 11 is 0. The van der Waals surface area contributed by atoms with E-state index in [0.29, 0.717) is 12.6 Å². The highest BCUT2D eigenvalue weighted by molar-refractivity contribution is 14.0. The monoisotopic (exact) mass is 546 g/mol. The maximum Gasteiger partial charge on any atom is 0.265 e. The van der Waals surface area contributed by atoms with Crippen molar-refractivity contribution in [2.24, 2.45) is 4.99 Å². The molecular weight excluding hydrogens is 511 g/mol. The number of rotatable bonds is 9. The van der Waals surface area contributed by atoms with Gasteiger partial charge in [-0.25, -0.2) is 0 Å². The summed E-state index contributed by atoms with van der Waals surface area (Å²) in [6, 6.07) is 7.69. The lowest BCUT2D eigenvalue weighted by atomic mass is 10.1. The van der Waals surface area contributed by atoms with Crippen LogP contribution in [0.25, 0.3) is 0 Å². The number of piperidine rings is 1.